The molecule has 5 nitrogen and oxygen atoms in total. The number of nitrogens with zero attached hydrogens (tertiary/aromatic N) is 3. The molecule has 4 aromatic rings. The monoisotopic (exact) mass is 533 g/mol. The first-order valence-corrected chi connectivity index (χ1v) is 10.5. The molecular formula is C22H11F8N3O2S. The van der Waals surface area contributed by atoms with Crippen LogP contribution in [0.1, 0.15) is 21.5 Å². The van der Waals surface area contributed by atoms with E-state index < -0.39 is 52.1 Å². The molecule has 2 heterocycles. The Morgan fingerprint density at radius 3 is 2.00 bits per heavy atom. The maximum atomic E-state index is 14.0. The third kappa shape index (κ3) is 4.80. The highest BCUT2D eigenvalue weighted by molar-refractivity contribution is 7.12. The van der Waals surface area contributed by atoms with Crippen molar-refractivity contribution in [3.8, 4) is 33.4 Å². The Labute approximate surface area is 200 Å². The van der Waals surface area contributed by atoms with Crippen molar-refractivity contribution in [2.75, 3.05) is 7.11 Å². The molecule has 2 aromatic heterocycles. The summed E-state index contributed by atoms with van der Waals surface area (Å²) >= 11 is 0.899. The zero-order valence-corrected chi connectivity index (χ0v) is 18.5. The Morgan fingerprint density at radius 1 is 0.917 bits per heavy atom. The van der Waals surface area contributed by atoms with Crippen LogP contribution in [0, 0.1) is 11.6 Å². The fourth-order valence-electron chi connectivity index (χ4n) is 3.29. The van der Waals surface area contributed by atoms with Crippen LogP contribution in [0.5, 0.6) is 5.75 Å². The van der Waals surface area contributed by atoms with E-state index in [1.165, 1.54) is 5.38 Å². The van der Waals surface area contributed by atoms with Gasteiger partial charge < -0.3 is 4.74 Å². The smallest absolute Gasteiger partial charge is 0.416 e. The number of rotatable bonds is 5. The third-order valence-corrected chi connectivity index (χ3v) is 5.75. The van der Waals surface area contributed by atoms with E-state index in [1.807, 2.05) is 0 Å². The van der Waals surface area contributed by atoms with Crippen LogP contribution >= 0.6 is 11.3 Å². The number of halogens is 8. The molecule has 36 heavy (non-hydrogen) atoms. The van der Waals surface area contributed by atoms with Crippen molar-refractivity contribution >= 4 is 17.6 Å². The van der Waals surface area contributed by atoms with E-state index in [0.29, 0.717) is 12.1 Å². The quantitative estimate of drug-likeness (QED) is 0.209. The Balaban J connectivity index is 1.79. The molecular weight excluding hydrogens is 522 g/mol. The Hall–Kier alpha value is -3.81. The van der Waals surface area contributed by atoms with Crippen LogP contribution in [0.3, 0.4) is 0 Å². The lowest BCUT2D eigenvalue weighted by molar-refractivity contribution is -0.143. The highest BCUT2D eigenvalue weighted by Gasteiger charge is 2.37. The molecule has 0 saturated heterocycles. The number of hydrogen-bond acceptors (Lipinski definition) is 5. The summed E-state index contributed by atoms with van der Waals surface area (Å²) in [4.78, 5) is 15.7. The van der Waals surface area contributed by atoms with Crippen molar-refractivity contribution < 1.29 is 44.7 Å². The van der Waals surface area contributed by atoms with Crippen LogP contribution in [-0.2, 0) is 12.4 Å². The number of carbonyl (C=O) groups is 1. The molecule has 0 radical (unpaired) electrons. The maximum Gasteiger partial charge on any atom is 0.416 e. The van der Waals surface area contributed by atoms with Gasteiger partial charge >= 0.3 is 12.4 Å². The normalized spacial score (nSPS) is 12.1. The largest absolute Gasteiger partial charge is 0.491 e. The van der Waals surface area contributed by atoms with Crippen molar-refractivity contribution in [1.29, 1.82) is 0 Å². The number of carbonyl (C=O) groups excluding carboxylic acids is 1. The summed E-state index contributed by atoms with van der Waals surface area (Å²) < 4.78 is 113. The van der Waals surface area contributed by atoms with Gasteiger partial charge in [-0.25, -0.2) is 18.4 Å². The topological polar surface area (TPSA) is 57.0 Å². The van der Waals surface area contributed by atoms with Crippen molar-refractivity contribution in [2.24, 2.45) is 0 Å². The van der Waals surface area contributed by atoms with E-state index in [2.05, 4.69) is 14.8 Å². The van der Waals surface area contributed by atoms with Crippen molar-refractivity contribution in [1.82, 2.24) is 14.8 Å². The van der Waals surface area contributed by atoms with Gasteiger partial charge in [0.1, 0.15) is 5.69 Å². The van der Waals surface area contributed by atoms with Crippen LogP contribution in [0.4, 0.5) is 35.1 Å². The van der Waals surface area contributed by atoms with E-state index in [9.17, 15) is 39.9 Å². The molecule has 14 heteroatoms. The van der Waals surface area contributed by atoms with Gasteiger partial charge in [-0.05, 0) is 30.3 Å². The average Bonchev–Trinajstić information content (AvgIpc) is 3.45. The second kappa shape index (κ2) is 9.00. The maximum absolute atomic E-state index is 14.0. The Kier molecular flexibility index (Phi) is 6.32. The molecule has 188 valence electrons. The molecule has 2 aromatic carbocycles. The molecule has 0 bridgehead atoms. The number of benzene rings is 2. The number of hydrogen-bond donors (Lipinski definition) is 0. The highest BCUT2D eigenvalue weighted by atomic mass is 32.1. The average molecular weight is 533 g/mol. The number of aromatic nitrogens is 3. The summed E-state index contributed by atoms with van der Waals surface area (Å²) in [7, 11) is 1.09. The number of thiazole rings is 1. The number of alkyl halides is 6. The molecule has 0 unspecified atom stereocenters. The summed E-state index contributed by atoms with van der Waals surface area (Å²) in [6.07, 6.45) is -8.90. The Morgan fingerprint density at radius 2 is 1.50 bits per heavy atom. The van der Waals surface area contributed by atoms with Gasteiger partial charge in [0.2, 0.25) is 5.13 Å². The molecule has 0 amide bonds. The molecule has 4 rings (SSSR count). The van der Waals surface area contributed by atoms with Gasteiger partial charge in [0.25, 0.3) is 0 Å². The lowest BCUT2D eigenvalue weighted by atomic mass is 10.0. The third-order valence-electron chi connectivity index (χ3n) is 4.92. The van der Waals surface area contributed by atoms with Crippen LogP contribution < -0.4 is 4.74 Å². The molecule has 0 aliphatic heterocycles. The SMILES string of the molecule is COc1c(F)cc(-c2csc(-n3cc(C=O)c(-c4cc(C(F)(F)F)cc(C(F)(F)F)c4)n3)n2)cc1F. The number of aldehydes is 1. The van der Waals surface area contributed by atoms with Crippen molar-refractivity contribution in [2.45, 2.75) is 12.4 Å². The van der Waals surface area contributed by atoms with E-state index in [4.69, 9.17) is 0 Å². The fraction of sp³-hybridized carbons (Fsp3) is 0.136. The zero-order valence-electron chi connectivity index (χ0n) is 17.7. The first kappa shape index (κ1) is 25.3. The van der Waals surface area contributed by atoms with E-state index in [-0.39, 0.29) is 34.3 Å². The molecule has 0 N–H and O–H groups in total. The molecule has 0 spiro atoms. The minimum atomic E-state index is -5.09. The van der Waals surface area contributed by atoms with Gasteiger partial charge in [-0.2, -0.15) is 31.4 Å². The molecule has 0 fully saturated rings. The Bertz CT molecular complexity index is 1400. The summed E-state index contributed by atoms with van der Waals surface area (Å²) in [5.41, 5.74) is -4.35. The van der Waals surface area contributed by atoms with Crippen LogP contribution in [-0.4, -0.2) is 28.2 Å². The van der Waals surface area contributed by atoms with Gasteiger partial charge in [0.05, 0.1) is 29.5 Å². The predicted molar refractivity (Wildman–Crippen MR) is 112 cm³/mol. The van der Waals surface area contributed by atoms with Crippen molar-refractivity contribution in [3.63, 3.8) is 0 Å². The fourth-order valence-corrected chi connectivity index (χ4v) is 4.05. The lowest BCUT2D eigenvalue weighted by Gasteiger charge is -2.13. The molecule has 0 atom stereocenters. The second-order valence-electron chi connectivity index (χ2n) is 7.28. The van der Waals surface area contributed by atoms with Gasteiger partial charge in [0, 0.05) is 22.7 Å². The van der Waals surface area contributed by atoms with Crippen LogP contribution in [0.15, 0.2) is 41.9 Å². The van der Waals surface area contributed by atoms with Gasteiger partial charge in [-0.3, -0.25) is 4.79 Å². The first-order valence-electron chi connectivity index (χ1n) is 9.66. The summed E-state index contributed by atoms with van der Waals surface area (Å²) in [6, 6.07) is 2.79. The predicted octanol–water partition coefficient (Wildman–Crippen LogP) is 6.80. The van der Waals surface area contributed by atoms with Gasteiger partial charge in [-0.15, -0.1) is 11.3 Å². The summed E-state index contributed by atoms with van der Waals surface area (Å²) in [5, 5.41) is 5.39. The number of methoxy groups -OCH3 is 1. The van der Waals surface area contributed by atoms with E-state index in [0.717, 1.165) is 41.5 Å². The standard InChI is InChI=1S/C22H11F8N3O2S/c1-35-19-15(23)4-10(5-16(19)24)17-9-36-20(31-17)33-7-12(8-34)18(32-33)11-2-13(21(25,26)27)6-14(3-11)22(28,29)30/h2-9H,1H3. The number of ether oxygens (including phenoxy) is 1. The molecule has 0 aliphatic carbocycles. The first-order chi connectivity index (χ1) is 16.8. The molecule has 0 aliphatic rings. The summed E-state index contributed by atoms with van der Waals surface area (Å²) in [5.74, 6) is -2.57. The minimum absolute atomic E-state index is 0.0269. The minimum Gasteiger partial charge on any atom is -0.491 e. The lowest BCUT2D eigenvalue weighted by Crippen LogP contribution is -2.11. The van der Waals surface area contributed by atoms with Crippen LogP contribution in [0.25, 0.3) is 27.6 Å². The molecule has 0 saturated carbocycles. The van der Waals surface area contributed by atoms with Crippen LogP contribution in [0.2, 0.25) is 0 Å². The summed E-state index contributed by atoms with van der Waals surface area (Å²) in [6.45, 7) is 0. The highest BCUT2D eigenvalue weighted by Crippen LogP contribution is 2.39. The van der Waals surface area contributed by atoms with E-state index >= 15 is 0 Å². The van der Waals surface area contributed by atoms with Gasteiger partial charge in [0.15, 0.2) is 23.7 Å². The van der Waals surface area contributed by atoms with Gasteiger partial charge in [-0.1, -0.05) is 0 Å². The van der Waals surface area contributed by atoms with E-state index in [1.54, 1.807) is 0 Å². The zero-order chi connectivity index (χ0) is 26.4. The second-order valence-corrected chi connectivity index (χ2v) is 8.12. The van der Waals surface area contributed by atoms with Crippen molar-refractivity contribution in [3.05, 3.63) is 70.2 Å².